The van der Waals surface area contributed by atoms with Gasteiger partial charge in [-0.25, -0.2) is 0 Å². The highest BCUT2D eigenvalue weighted by atomic mass is 19.4. The van der Waals surface area contributed by atoms with Crippen LogP contribution in [0.4, 0.5) is 13.2 Å². The van der Waals surface area contributed by atoms with Crippen LogP contribution in [0.3, 0.4) is 0 Å². The molecule has 1 aliphatic heterocycles. The summed E-state index contributed by atoms with van der Waals surface area (Å²) in [4.78, 5) is 11.4. The molecule has 6 unspecified atom stereocenters. The second-order valence-corrected chi connectivity index (χ2v) is 9.42. The minimum atomic E-state index is -4.35. The van der Waals surface area contributed by atoms with Crippen LogP contribution in [0, 0.1) is 22.2 Å². The fourth-order valence-corrected chi connectivity index (χ4v) is 4.82. The van der Waals surface area contributed by atoms with Gasteiger partial charge in [0.25, 0.3) is 0 Å². The number of halogens is 3. The minimum Gasteiger partial charge on any atom is -0.389 e. The third-order valence-electron chi connectivity index (χ3n) is 7.37. The van der Waals surface area contributed by atoms with E-state index in [0.29, 0.717) is 25.7 Å². The van der Waals surface area contributed by atoms with Gasteiger partial charge in [0.05, 0.1) is 18.2 Å². The molecule has 0 amide bonds. The molecule has 0 radical (unpaired) electrons. The topological polar surface area (TPSA) is 70.9 Å². The van der Waals surface area contributed by atoms with Crippen molar-refractivity contribution in [3.8, 4) is 0 Å². The lowest BCUT2D eigenvalue weighted by Gasteiger charge is -2.53. The third kappa shape index (κ3) is 4.17. The van der Waals surface area contributed by atoms with E-state index in [2.05, 4.69) is 10.5 Å². The molecule has 0 bridgehead atoms. The molecule has 2 aliphatic rings. The molecular formula is C19H33F3N2O3. The summed E-state index contributed by atoms with van der Waals surface area (Å²) in [5, 5.41) is 17.2. The van der Waals surface area contributed by atoms with Gasteiger partial charge < -0.3 is 9.84 Å². The zero-order chi connectivity index (χ0) is 20.7. The van der Waals surface area contributed by atoms with Gasteiger partial charge in [-0.1, -0.05) is 19.0 Å². The summed E-state index contributed by atoms with van der Waals surface area (Å²) in [6, 6.07) is -1.02. The molecule has 6 atom stereocenters. The highest BCUT2D eigenvalue weighted by molar-refractivity contribution is 5.07. The normalized spacial score (nSPS) is 42.7. The monoisotopic (exact) mass is 394 g/mol. The van der Waals surface area contributed by atoms with E-state index in [4.69, 9.17) is 4.74 Å². The van der Waals surface area contributed by atoms with Crippen LogP contribution in [-0.2, 0) is 4.74 Å². The van der Waals surface area contributed by atoms with Crippen LogP contribution in [0.25, 0.3) is 0 Å². The van der Waals surface area contributed by atoms with E-state index >= 15 is 0 Å². The zero-order valence-electron chi connectivity index (χ0n) is 16.9. The van der Waals surface area contributed by atoms with Crippen molar-refractivity contribution >= 4 is 0 Å². The fraction of sp³-hybridized carbons (Fsp3) is 1.00. The number of piperidine rings is 1. The Hall–Kier alpha value is -0.730. The van der Waals surface area contributed by atoms with Crippen molar-refractivity contribution in [2.24, 2.45) is 22.4 Å². The molecule has 0 spiro atoms. The number of aliphatic hydroxyl groups is 1. The predicted octanol–water partition coefficient (Wildman–Crippen LogP) is 4.03. The lowest BCUT2D eigenvalue weighted by Crippen LogP contribution is -2.64. The highest BCUT2D eigenvalue weighted by Crippen LogP contribution is 2.51. The molecule has 8 heteroatoms. The van der Waals surface area contributed by atoms with Crippen molar-refractivity contribution in [2.45, 2.75) is 89.2 Å². The number of hydrogen-bond acceptors (Lipinski definition) is 5. The molecule has 1 saturated heterocycles. The quantitative estimate of drug-likeness (QED) is 0.691. The summed E-state index contributed by atoms with van der Waals surface area (Å²) in [6.45, 7) is 6.99. The van der Waals surface area contributed by atoms with Crippen LogP contribution in [0.2, 0.25) is 0 Å². The number of nitroso groups, excluding NO2 is 1. The molecule has 158 valence electrons. The number of methoxy groups -OCH3 is 1. The average molecular weight is 394 g/mol. The second kappa shape index (κ2) is 7.59. The van der Waals surface area contributed by atoms with Gasteiger partial charge >= 0.3 is 6.18 Å². The number of nitrogens with one attached hydrogen (secondary N) is 1. The molecule has 1 aliphatic carbocycles. The van der Waals surface area contributed by atoms with E-state index in [1.807, 2.05) is 13.8 Å². The maximum atomic E-state index is 13.5. The van der Waals surface area contributed by atoms with Gasteiger partial charge in [0.1, 0.15) is 5.54 Å². The summed E-state index contributed by atoms with van der Waals surface area (Å²) in [5.74, 6) is -0.518. The lowest BCUT2D eigenvalue weighted by atomic mass is 9.57. The van der Waals surface area contributed by atoms with Gasteiger partial charge in [-0.05, 0) is 57.3 Å². The van der Waals surface area contributed by atoms with Crippen molar-refractivity contribution in [3.05, 3.63) is 4.91 Å². The van der Waals surface area contributed by atoms with Gasteiger partial charge in [-0.2, -0.15) is 18.1 Å². The summed E-state index contributed by atoms with van der Waals surface area (Å²) in [7, 11) is 1.47. The molecule has 1 saturated carbocycles. The van der Waals surface area contributed by atoms with Crippen LogP contribution in [0.1, 0.15) is 59.8 Å². The summed E-state index contributed by atoms with van der Waals surface area (Å²) >= 11 is 0. The number of ether oxygens (including phenoxy) is 1. The minimum absolute atomic E-state index is 0.0428. The highest BCUT2D eigenvalue weighted by Gasteiger charge is 2.57. The lowest BCUT2D eigenvalue weighted by molar-refractivity contribution is -0.207. The fourth-order valence-electron chi connectivity index (χ4n) is 4.82. The Balaban J connectivity index is 2.24. The molecule has 1 heterocycles. The average Bonchev–Trinajstić information content (AvgIpc) is 2.54. The number of hydrogen-bond donors (Lipinski definition) is 2. The van der Waals surface area contributed by atoms with E-state index in [-0.39, 0.29) is 24.9 Å². The second-order valence-electron chi connectivity index (χ2n) is 9.42. The van der Waals surface area contributed by atoms with Crippen molar-refractivity contribution in [1.82, 2.24) is 5.32 Å². The molecular weight excluding hydrogens is 361 g/mol. The van der Waals surface area contributed by atoms with Crippen LogP contribution in [0.15, 0.2) is 5.18 Å². The van der Waals surface area contributed by atoms with Crippen molar-refractivity contribution < 1.29 is 23.0 Å². The van der Waals surface area contributed by atoms with Gasteiger partial charge in [-0.15, -0.1) is 0 Å². The van der Waals surface area contributed by atoms with E-state index in [1.54, 1.807) is 6.92 Å². The van der Waals surface area contributed by atoms with Crippen LogP contribution < -0.4 is 5.32 Å². The Bertz CT molecular complexity index is 539. The van der Waals surface area contributed by atoms with E-state index in [0.717, 1.165) is 0 Å². The first kappa shape index (κ1) is 22.6. The first-order chi connectivity index (χ1) is 12.3. The van der Waals surface area contributed by atoms with Crippen molar-refractivity contribution in [3.63, 3.8) is 0 Å². The largest absolute Gasteiger partial charge is 0.406 e. The Kier molecular flexibility index (Phi) is 6.35. The predicted molar refractivity (Wildman–Crippen MR) is 97.3 cm³/mol. The number of alkyl halides is 3. The maximum Gasteiger partial charge on any atom is 0.406 e. The molecule has 2 rings (SSSR count). The SMILES string of the molecule is COCC1NC(C)(C(F)(F)F)CCC1CC1C(N=O)CCC(C)(C)C1(C)O. The van der Waals surface area contributed by atoms with Crippen LogP contribution in [-0.4, -0.2) is 48.2 Å². The van der Waals surface area contributed by atoms with E-state index in [1.165, 1.54) is 14.0 Å². The summed E-state index contributed by atoms with van der Waals surface area (Å²) in [5.41, 5.74) is -3.46. The molecule has 27 heavy (non-hydrogen) atoms. The van der Waals surface area contributed by atoms with Gasteiger partial charge in [0.15, 0.2) is 0 Å². The number of rotatable bonds is 5. The first-order valence-corrected chi connectivity index (χ1v) is 9.67. The van der Waals surface area contributed by atoms with Crippen LogP contribution >= 0.6 is 0 Å². The van der Waals surface area contributed by atoms with Gasteiger partial charge in [0, 0.05) is 19.1 Å². The van der Waals surface area contributed by atoms with Crippen molar-refractivity contribution in [2.75, 3.05) is 13.7 Å². The van der Waals surface area contributed by atoms with Gasteiger partial charge in [-0.3, -0.25) is 5.32 Å². The molecule has 2 N–H and O–H groups in total. The van der Waals surface area contributed by atoms with Crippen molar-refractivity contribution in [1.29, 1.82) is 0 Å². The van der Waals surface area contributed by atoms with E-state index < -0.39 is 34.8 Å². The third-order valence-corrected chi connectivity index (χ3v) is 7.37. The Morgan fingerprint density at radius 2 is 1.81 bits per heavy atom. The first-order valence-electron chi connectivity index (χ1n) is 9.67. The maximum absolute atomic E-state index is 13.5. The zero-order valence-corrected chi connectivity index (χ0v) is 16.9. The van der Waals surface area contributed by atoms with Gasteiger partial charge in [0.2, 0.25) is 0 Å². The molecule has 5 nitrogen and oxygen atoms in total. The Labute approximate surface area is 159 Å². The van der Waals surface area contributed by atoms with E-state index in [9.17, 15) is 23.2 Å². The molecule has 0 aromatic carbocycles. The Morgan fingerprint density at radius 1 is 1.19 bits per heavy atom. The number of nitrogens with zero attached hydrogens (tertiary/aromatic N) is 1. The smallest absolute Gasteiger partial charge is 0.389 e. The molecule has 2 fully saturated rings. The molecule has 0 aromatic rings. The Morgan fingerprint density at radius 3 is 2.33 bits per heavy atom. The summed E-state index contributed by atoms with van der Waals surface area (Å²) in [6.07, 6.45) is -2.32. The standard InChI is InChI=1S/C19H33F3N2O3/c1-16(2)8-7-14(24-26)13(18(16,4)25)10-12-6-9-17(3,19(20,21)22)23-15(12)11-27-5/h12-15,23,25H,6-11H2,1-5H3. The summed E-state index contributed by atoms with van der Waals surface area (Å²) < 4.78 is 45.6. The molecule has 0 aromatic heterocycles. The van der Waals surface area contributed by atoms with Crippen LogP contribution in [0.5, 0.6) is 0 Å².